The molecule has 2 heterocycles. The molecule has 2 aromatic carbocycles. The Morgan fingerprint density at radius 1 is 1.24 bits per heavy atom. The van der Waals surface area contributed by atoms with Crippen molar-refractivity contribution in [3.8, 4) is 0 Å². The molecule has 1 aliphatic rings. The summed E-state index contributed by atoms with van der Waals surface area (Å²) in [5.74, 6) is -0.703. The fraction of sp³-hybridized carbons (Fsp3) is 0.227. The molecule has 170 valence electrons. The first-order valence-corrected chi connectivity index (χ1v) is 10.7. The second kappa shape index (κ2) is 9.78. The molecule has 11 heteroatoms. The predicted molar refractivity (Wildman–Crippen MR) is 127 cm³/mol. The Hall–Kier alpha value is -3.79. The highest BCUT2D eigenvalue weighted by atomic mass is 35.5. The van der Waals surface area contributed by atoms with Crippen LogP contribution in [0.4, 0.5) is 16.0 Å². The molecule has 0 radical (unpaired) electrons. The summed E-state index contributed by atoms with van der Waals surface area (Å²) in [6.45, 7) is 1.72. The number of amides is 1. The number of nitrogens with one attached hydrogen (secondary N) is 3. The fourth-order valence-electron chi connectivity index (χ4n) is 3.72. The molecule has 0 spiro atoms. The first-order valence-electron chi connectivity index (χ1n) is 10.3. The molecule has 33 heavy (non-hydrogen) atoms. The molecule has 1 amide bonds. The molecule has 1 saturated heterocycles. The number of fused-ring (bicyclic) bond motifs is 1. The van der Waals surface area contributed by atoms with Gasteiger partial charge in [0.25, 0.3) is 11.5 Å². The van der Waals surface area contributed by atoms with Gasteiger partial charge >= 0.3 is 0 Å². The van der Waals surface area contributed by atoms with Crippen LogP contribution in [0.2, 0.25) is 5.02 Å². The molecular formula is C22H21ClFN7O2. The van der Waals surface area contributed by atoms with Crippen LogP contribution in [0.15, 0.2) is 46.3 Å². The molecule has 3 N–H and O–H groups in total. The van der Waals surface area contributed by atoms with Gasteiger partial charge in [-0.15, -0.1) is 0 Å². The van der Waals surface area contributed by atoms with Crippen LogP contribution in [0.1, 0.15) is 16.8 Å². The smallest absolute Gasteiger partial charge is 0.260 e. The van der Waals surface area contributed by atoms with Crippen molar-refractivity contribution in [1.82, 2.24) is 14.9 Å². The molecule has 0 atom stereocenters. The van der Waals surface area contributed by atoms with Gasteiger partial charge in [0.05, 0.1) is 22.8 Å². The molecule has 1 fully saturated rings. The maximum Gasteiger partial charge on any atom is 0.260 e. The predicted octanol–water partition coefficient (Wildman–Crippen LogP) is 3.12. The van der Waals surface area contributed by atoms with Gasteiger partial charge in [0.1, 0.15) is 11.4 Å². The van der Waals surface area contributed by atoms with Crippen LogP contribution in [-0.4, -0.2) is 59.4 Å². The van der Waals surface area contributed by atoms with Crippen LogP contribution in [0.5, 0.6) is 0 Å². The van der Waals surface area contributed by atoms with E-state index in [2.05, 4.69) is 20.5 Å². The summed E-state index contributed by atoms with van der Waals surface area (Å²) in [5.41, 5.74) is 2.97. The third-order valence-electron chi connectivity index (χ3n) is 5.30. The number of rotatable bonds is 5. The number of nitrogens with zero attached hydrogens (tertiary/aromatic N) is 4. The lowest BCUT2D eigenvalue weighted by Crippen LogP contribution is -2.36. The number of aromatic amines is 1. The van der Waals surface area contributed by atoms with E-state index >= 15 is 0 Å². The first kappa shape index (κ1) is 22.4. The number of carbonyl (C=O) groups is 1. The zero-order valence-electron chi connectivity index (χ0n) is 17.5. The Morgan fingerprint density at radius 2 is 2.09 bits per heavy atom. The van der Waals surface area contributed by atoms with Gasteiger partial charge in [-0.2, -0.15) is 5.10 Å². The highest BCUT2D eigenvalue weighted by molar-refractivity contribution is 6.31. The Balaban J connectivity index is 1.54. The third kappa shape index (κ3) is 4.85. The number of aromatic nitrogens is 2. The van der Waals surface area contributed by atoms with Crippen LogP contribution in [0.3, 0.4) is 0 Å². The monoisotopic (exact) mass is 469 g/mol. The summed E-state index contributed by atoms with van der Waals surface area (Å²) < 4.78 is 14.6. The van der Waals surface area contributed by atoms with E-state index in [9.17, 15) is 14.0 Å². The van der Waals surface area contributed by atoms with E-state index in [0.29, 0.717) is 54.5 Å². The maximum atomic E-state index is 14.6. The van der Waals surface area contributed by atoms with Crippen LogP contribution in [0.25, 0.3) is 10.9 Å². The topological polar surface area (TPSA) is 118 Å². The normalized spacial score (nSPS) is 14.5. The van der Waals surface area contributed by atoms with Crippen molar-refractivity contribution in [3.63, 3.8) is 0 Å². The lowest BCUT2D eigenvalue weighted by atomic mass is 10.1. The highest BCUT2D eigenvalue weighted by Crippen LogP contribution is 2.23. The van der Waals surface area contributed by atoms with Gasteiger partial charge in [-0.3, -0.25) is 20.0 Å². The lowest BCUT2D eigenvalue weighted by Gasteiger charge is -2.23. The Bertz CT molecular complexity index is 1290. The van der Waals surface area contributed by atoms with Crippen molar-refractivity contribution in [2.24, 2.45) is 5.10 Å². The Morgan fingerprint density at radius 3 is 2.91 bits per heavy atom. The van der Waals surface area contributed by atoms with Gasteiger partial charge in [-0.05, 0) is 36.8 Å². The summed E-state index contributed by atoms with van der Waals surface area (Å²) in [4.78, 5) is 36.5. The zero-order valence-corrected chi connectivity index (χ0v) is 18.3. The summed E-state index contributed by atoms with van der Waals surface area (Å²) in [6, 6.07) is 9.19. The largest absolute Gasteiger partial charge is 0.340 e. The molecule has 3 aromatic rings. The van der Waals surface area contributed by atoms with E-state index in [4.69, 9.17) is 17.0 Å². The van der Waals surface area contributed by atoms with Crippen LogP contribution >= 0.6 is 11.6 Å². The zero-order chi connectivity index (χ0) is 23.4. The second-order valence-corrected chi connectivity index (χ2v) is 7.84. The number of hydrogen-bond donors (Lipinski definition) is 3. The standard InChI is InChI=1S/C22H21ClFN7O2/c23-14-5-6-17-15(13-14)20(32)28-22(27-17)31-10-2-9-30(11-12-31)21(33)19-16(24)3-1-4-18(19)29-26-8-7-25/h1,3-8,13,25,29H,2,9-12H2,(H,27,28,32)/b25-7?,26-8-. The minimum Gasteiger partial charge on any atom is -0.340 e. The minimum absolute atomic E-state index is 0.109. The second-order valence-electron chi connectivity index (χ2n) is 7.40. The quantitative estimate of drug-likeness (QED) is 0.392. The van der Waals surface area contributed by atoms with Gasteiger partial charge in [0.2, 0.25) is 5.95 Å². The van der Waals surface area contributed by atoms with Gasteiger partial charge < -0.3 is 15.2 Å². The molecule has 0 bridgehead atoms. The number of carbonyl (C=O) groups excluding carboxylic acids is 1. The Labute approximate surface area is 193 Å². The molecule has 1 aliphatic heterocycles. The number of benzene rings is 2. The lowest BCUT2D eigenvalue weighted by molar-refractivity contribution is 0.0763. The van der Waals surface area contributed by atoms with Gasteiger partial charge in [-0.1, -0.05) is 17.7 Å². The molecule has 4 rings (SSSR count). The molecule has 0 saturated carbocycles. The molecular weight excluding hydrogens is 449 g/mol. The fourth-order valence-corrected chi connectivity index (χ4v) is 3.89. The van der Waals surface area contributed by atoms with Crippen molar-refractivity contribution < 1.29 is 9.18 Å². The molecule has 1 aromatic heterocycles. The van der Waals surface area contributed by atoms with Gasteiger partial charge in [0.15, 0.2) is 0 Å². The summed E-state index contributed by atoms with van der Waals surface area (Å²) >= 11 is 5.98. The number of anilines is 2. The van der Waals surface area contributed by atoms with Crippen molar-refractivity contribution in [3.05, 3.63) is 63.2 Å². The summed E-state index contributed by atoms with van der Waals surface area (Å²) in [5, 5.41) is 11.6. The van der Waals surface area contributed by atoms with E-state index in [1.807, 2.05) is 4.90 Å². The maximum absolute atomic E-state index is 14.6. The van der Waals surface area contributed by atoms with E-state index in [0.717, 1.165) is 6.21 Å². The minimum atomic E-state index is -0.657. The van der Waals surface area contributed by atoms with Crippen molar-refractivity contribution in [2.45, 2.75) is 6.42 Å². The highest BCUT2D eigenvalue weighted by Gasteiger charge is 2.26. The Kier molecular flexibility index (Phi) is 6.64. The number of hydrogen-bond acceptors (Lipinski definition) is 7. The van der Waals surface area contributed by atoms with Crippen LogP contribution in [-0.2, 0) is 0 Å². The van der Waals surface area contributed by atoms with E-state index in [1.165, 1.54) is 18.3 Å². The summed E-state index contributed by atoms with van der Waals surface area (Å²) in [6.07, 6.45) is 2.77. The SMILES string of the molecule is N=C/C=N\Nc1cccc(F)c1C(=O)N1CCCN(c2nc3ccc(Cl)cc3c(=O)[nH]2)CC1. The van der Waals surface area contributed by atoms with Crippen LogP contribution in [0, 0.1) is 11.2 Å². The molecule has 0 aliphatic carbocycles. The number of H-pyrrole nitrogens is 1. The molecule has 9 nitrogen and oxygen atoms in total. The average molecular weight is 470 g/mol. The van der Waals surface area contributed by atoms with Gasteiger partial charge in [-0.25, -0.2) is 9.37 Å². The van der Waals surface area contributed by atoms with E-state index < -0.39 is 11.7 Å². The third-order valence-corrected chi connectivity index (χ3v) is 5.53. The number of hydrazone groups is 1. The molecule has 0 unspecified atom stereocenters. The first-order chi connectivity index (χ1) is 16.0. The van der Waals surface area contributed by atoms with Gasteiger partial charge in [0, 0.05) is 37.4 Å². The van der Waals surface area contributed by atoms with Crippen molar-refractivity contribution >= 4 is 52.5 Å². The van der Waals surface area contributed by atoms with Crippen molar-refractivity contribution in [2.75, 3.05) is 36.5 Å². The average Bonchev–Trinajstić information content (AvgIpc) is 3.06. The van der Waals surface area contributed by atoms with Crippen LogP contribution < -0.4 is 15.9 Å². The summed E-state index contributed by atoms with van der Waals surface area (Å²) in [7, 11) is 0. The van der Waals surface area contributed by atoms with Crippen molar-refractivity contribution in [1.29, 1.82) is 5.41 Å². The van der Waals surface area contributed by atoms with E-state index in [-0.39, 0.29) is 16.8 Å². The van der Waals surface area contributed by atoms with E-state index in [1.54, 1.807) is 29.2 Å². The number of halogens is 2.